The number of aryl methyl sites for hydroxylation is 1. The van der Waals surface area contributed by atoms with Gasteiger partial charge in [-0.3, -0.25) is 0 Å². The first-order chi connectivity index (χ1) is 8.08. The van der Waals surface area contributed by atoms with Gasteiger partial charge in [0.1, 0.15) is 11.6 Å². The molecule has 0 bridgehead atoms. The van der Waals surface area contributed by atoms with Crippen LogP contribution in [0.25, 0.3) is 0 Å². The molecule has 0 radical (unpaired) electrons. The molecule has 0 aliphatic carbocycles. The number of hydrogen-bond acceptors (Lipinski definition) is 3. The van der Waals surface area contributed by atoms with Crippen LogP contribution in [0, 0.1) is 6.92 Å². The fourth-order valence-corrected chi connectivity index (χ4v) is 2.88. The van der Waals surface area contributed by atoms with E-state index in [1.54, 1.807) is 12.5 Å². The standard InChI is InChI=1S/C12H12Br2N2O/c1-8-9(3-4-17-8)7-16(2)12-11(14)5-10(13)6-15-12/h3-6H,7H2,1-2H3. The number of hydrogen-bond donors (Lipinski definition) is 0. The summed E-state index contributed by atoms with van der Waals surface area (Å²) in [6.45, 7) is 2.74. The molecule has 3 nitrogen and oxygen atoms in total. The first-order valence-electron chi connectivity index (χ1n) is 5.13. The summed E-state index contributed by atoms with van der Waals surface area (Å²) >= 11 is 6.90. The Balaban J connectivity index is 2.20. The Morgan fingerprint density at radius 3 is 2.76 bits per heavy atom. The quantitative estimate of drug-likeness (QED) is 0.824. The van der Waals surface area contributed by atoms with Gasteiger partial charge in [-0.2, -0.15) is 0 Å². The molecule has 2 rings (SSSR count). The molecule has 90 valence electrons. The van der Waals surface area contributed by atoms with Crippen molar-refractivity contribution in [2.75, 3.05) is 11.9 Å². The van der Waals surface area contributed by atoms with Gasteiger partial charge >= 0.3 is 0 Å². The molecule has 2 aromatic rings. The van der Waals surface area contributed by atoms with Gasteiger partial charge in [0, 0.05) is 29.8 Å². The summed E-state index contributed by atoms with van der Waals surface area (Å²) in [5, 5.41) is 0. The monoisotopic (exact) mass is 358 g/mol. The van der Waals surface area contributed by atoms with E-state index in [0.29, 0.717) is 0 Å². The highest BCUT2D eigenvalue weighted by Gasteiger charge is 2.10. The van der Waals surface area contributed by atoms with Gasteiger partial charge in [0.25, 0.3) is 0 Å². The van der Waals surface area contributed by atoms with Crippen LogP contribution in [0.5, 0.6) is 0 Å². The molecule has 0 saturated heterocycles. The Hall–Kier alpha value is -0.810. The summed E-state index contributed by atoms with van der Waals surface area (Å²) in [4.78, 5) is 6.47. The van der Waals surface area contributed by atoms with Gasteiger partial charge in [-0.05, 0) is 50.9 Å². The second-order valence-electron chi connectivity index (χ2n) is 3.82. The highest BCUT2D eigenvalue weighted by Crippen LogP contribution is 2.27. The number of anilines is 1. The molecule has 0 aromatic carbocycles. The summed E-state index contributed by atoms with van der Waals surface area (Å²) in [7, 11) is 2.01. The van der Waals surface area contributed by atoms with E-state index in [9.17, 15) is 0 Å². The Morgan fingerprint density at radius 2 is 2.18 bits per heavy atom. The minimum Gasteiger partial charge on any atom is -0.469 e. The zero-order chi connectivity index (χ0) is 12.4. The first-order valence-corrected chi connectivity index (χ1v) is 6.71. The number of nitrogens with zero attached hydrogens (tertiary/aromatic N) is 2. The lowest BCUT2D eigenvalue weighted by Gasteiger charge is -2.19. The van der Waals surface area contributed by atoms with Gasteiger partial charge in [0.2, 0.25) is 0 Å². The lowest BCUT2D eigenvalue weighted by Crippen LogP contribution is -2.18. The van der Waals surface area contributed by atoms with Gasteiger partial charge in [0.15, 0.2) is 0 Å². The second-order valence-corrected chi connectivity index (χ2v) is 5.59. The van der Waals surface area contributed by atoms with Crippen LogP contribution in [-0.2, 0) is 6.54 Å². The SMILES string of the molecule is Cc1occc1CN(C)c1ncc(Br)cc1Br. The summed E-state index contributed by atoms with van der Waals surface area (Å²) in [5.74, 6) is 1.86. The third-order valence-corrected chi connectivity index (χ3v) is 3.54. The van der Waals surface area contributed by atoms with Gasteiger partial charge in [-0.25, -0.2) is 4.98 Å². The summed E-state index contributed by atoms with van der Waals surface area (Å²) in [6, 6.07) is 3.97. The smallest absolute Gasteiger partial charge is 0.142 e. The molecule has 0 amide bonds. The lowest BCUT2D eigenvalue weighted by molar-refractivity contribution is 0.529. The molecule has 0 aliphatic rings. The van der Waals surface area contributed by atoms with E-state index < -0.39 is 0 Å². The molecule has 0 spiro atoms. The molecular weight excluding hydrogens is 348 g/mol. The lowest BCUT2D eigenvalue weighted by atomic mass is 10.2. The average Bonchev–Trinajstić information content (AvgIpc) is 2.64. The van der Waals surface area contributed by atoms with E-state index in [1.807, 2.05) is 26.1 Å². The van der Waals surface area contributed by atoms with Gasteiger partial charge < -0.3 is 9.32 Å². The van der Waals surface area contributed by atoms with Crippen LogP contribution in [0.1, 0.15) is 11.3 Å². The molecule has 0 atom stereocenters. The Morgan fingerprint density at radius 1 is 1.41 bits per heavy atom. The molecule has 5 heteroatoms. The van der Waals surface area contributed by atoms with E-state index in [4.69, 9.17) is 4.42 Å². The largest absolute Gasteiger partial charge is 0.469 e. The maximum Gasteiger partial charge on any atom is 0.142 e. The van der Waals surface area contributed by atoms with E-state index in [-0.39, 0.29) is 0 Å². The van der Waals surface area contributed by atoms with Crippen molar-refractivity contribution in [3.8, 4) is 0 Å². The van der Waals surface area contributed by atoms with E-state index in [1.165, 1.54) is 5.56 Å². The van der Waals surface area contributed by atoms with Crippen LogP contribution in [0.2, 0.25) is 0 Å². The highest BCUT2D eigenvalue weighted by molar-refractivity contribution is 9.11. The van der Waals surface area contributed by atoms with Crippen molar-refractivity contribution in [1.82, 2.24) is 4.98 Å². The topological polar surface area (TPSA) is 29.3 Å². The van der Waals surface area contributed by atoms with Crippen LogP contribution >= 0.6 is 31.9 Å². The van der Waals surface area contributed by atoms with Crippen molar-refractivity contribution < 1.29 is 4.42 Å². The number of rotatable bonds is 3. The van der Waals surface area contributed by atoms with Crippen LogP contribution < -0.4 is 4.90 Å². The fourth-order valence-electron chi connectivity index (χ4n) is 1.59. The molecule has 0 saturated carbocycles. The zero-order valence-electron chi connectivity index (χ0n) is 9.58. The molecule has 0 unspecified atom stereocenters. The third kappa shape index (κ3) is 2.90. The minimum atomic E-state index is 0.773. The Kier molecular flexibility index (Phi) is 3.89. The zero-order valence-corrected chi connectivity index (χ0v) is 12.7. The van der Waals surface area contributed by atoms with Crippen LogP contribution in [0.3, 0.4) is 0 Å². The average molecular weight is 360 g/mol. The van der Waals surface area contributed by atoms with E-state index in [0.717, 1.165) is 27.1 Å². The van der Waals surface area contributed by atoms with Crippen LogP contribution in [-0.4, -0.2) is 12.0 Å². The van der Waals surface area contributed by atoms with Crippen molar-refractivity contribution in [3.05, 3.63) is 44.9 Å². The normalized spacial score (nSPS) is 10.6. The van der Waals surface area contributed by atoms with Crippen molar-refractivity contribution in [2.45, 2.75) is 13.5 Å². The molecule has 0 N–H and O–H groups in total. The maximum absolute atomic E-state index is 5.28. The number of pyridine rings is 1. The number of halogens is 2. The van der Waals surface area contributed by atoms with Crippen LogP contribution in [0.15, 0.2) is 38.0 Å². The maximum atomic E-state index is 5.28. The third-order valence-electron chi connectivity index (χ3n) is 2.52. The first kappa shape index (κ1) is 12.6. The van der Waals surface area contributed by atoms with E-state index >= 15 is 0 Å². The van der Waals surface area contributed by atoms with Crippen molar-refractivity contribution in [2.24, 2.45) is 0 Å². The predicted octanol–water partition coefficient (Wildman–Crippen LogP) is 4.14. The van der Waals surface area contributed by atoms with Gasteiger partial charge in [-0.1, -0.05) is 0 Å². The second kappa shape index (κ2) is 5.23. The van der Waals surface area contributed by atoms with Gasteiger partial charge in [0.05, 0.1) is 10.7 Å². The number of aromatic nitrogens is 1. The summed E-state index contributed by atoms with van der Waals surface area (Å²) in [6.07, 6.45) is 3.50. The van der Waals surface area contributed by atoms with Crippen molar-refractivity contribution in [3.63, 3.8) is 0 Å². The van der Waals surface area contributed by atoms with Gasteiger partial charge in [-0.15, -0.1) is 0 Å². The van der Waals surface area contributed by atoms with Crippen LogP contribution in [0.4, 0.5) is 5.82 Å². The predicted molar refractivity (Wildman–Crippen MR) is 75.2 cm³/mol. The molecule has 2 aromatic heterocycles. The summed E-state index contributed by atoms with van der Waals surface area (Å²) < 4.78 is 7.21. The number of furan rings is 1. The molecule has 0 fully saturated rings. The molecular formula is C12H12Br2N2O. The Labute approximate surface area is 117 Å². The van der Waals surface area contributed by atoms with Crippen molar-refractivity contribution in [1.29, 1.82) is 0 Å². The molecule has 17 heavy (non-hydrogen) atoms. The highest BCUT2D eigenvalue weighted by atomic mass is 79.9. The minimum absolute atomic E-state index is 0.773. The molecule has 0 aliphatic heterocycles. The van der Waals surface area contributed by atoms with Crippen molar-refractivity contribution >= 4 is 37.7 Å². The van der Waals surface area contributed by atoms with E-state index in [2.05, 4.69) is 41.7 Å². The Bertz CT molecular complexity index is 525. The molecule has 2 heterocycles. The fraction of sp³-hybridized carbons (Fsp3) is 0.250. The summed E-state index contributed by atoms with van der Waals surface area (Å²) in [5.41, 5.74) is 1.17.